The smallest absolute Gasteiger partial charge is 0.336 e. The number of aromatic carboxylic acids is 1. The molecule has 2 N–H and O–H groups in total. The highest BCUT2D eigenvalue weighted by atomic mass is 16.4. The van der Waals surface area contributed by atoms with Crippen molar-refractivity contribution in [3.05, 3.63) is 35.4 Å². The van der Waals surface area contributed by atoms with E-state index in [0.29, 0.717) is 11.8 Å². The number of hydrogen-bond acceptors (Lipinski definition) is 2. The molecule has 2 rings (SSSR count). The van der Waals surface area contributed by atoms with Crippen molar-refractivity contribution < 1.29 is 14.7 Å². The van der Waals surface area contributed by atoms with Gasteiger partial charge in [-0.3, -0.25) is 4.79 Å². The lowest BCUT2D eigenvalue weighted by atomic mass is 9.80. The molecule has 1 aromatic carbocycles. The first-order valence-corrected chi connectivity index (χ1v) is 7.10. The minimum Gasteiger partial charge on any atom is -0.478 e. The summed E-state index contributed by atoms with van der Waals surface area (Å²) >= 11 is 0. The number of carboxylic acids is 1. The quantitative estimate of drug-likeness (QED) is 0.891. The van der Waals surface area contributed by atoms with Crippen molar-refractivity contribution in [3.8, 4) is 0 Å². The van der Waals surface area contributed by atoms with E-state index in [-0.39, 0.29) is 23.1 Å². The lowest BCUT2D eigenvalue weighted by Crippen LogP contribution is -2.40. The van der Waals surface area contributed by atoms with E-state index >= 15 is 0 Å². The number of benzene rings is 1. The van der Waals surface area contributed by atoms with Gasteiger partial charge in [-0.15, -0.1) is 0 Å². The fourth-order valence-electron chi connectivity index (χ4n) is 3.20. The zero-order valence-electron chi connectivity index (χ0n) is 11.9. The van der Waals surface area contributed by atoms with Crippen molar-refractivity contribution in [2.75, 3.05) is 0 Å². The molecule has 1 fully saturated rings. The Morgan fingerprint density at radius 2 is 1.60 bits per heavy atom. The molecule has 0 saturated heterocycles. The van der Waals surface area contributed by atoms with E-state index in [1.165, 1.54) is 12.5 Å². The predicted molar refractivity (Wildman–Crippen MR) is 76.8 cm³/mol. The highest BCUT2D eigenvalue weighted by Crippen LogP contribution is 2.28. The van der Waals surface area contributed by atoms with Gasteiger partial charge < -0.3 is 10.4 Å². The van der Waals surface area contributed by atoms with E-state index in [1.807, 2.05) is 0 Å². The van der Waals surface area contributed by atoms with Gasteiger partial charge in [0.1, 0.15) is 0 Å². The number of hydrogen-bond donors (Lipinski definition) is 2. The standard InChI is InChI=1S/C16H21NO3/c1-10-7-11(2)9-12(8-10)17-15(18)13-5-3-4-6-14(13)16(19)20/h3-6,10-12H,7-9H2,1-2H3,(H,17,18)(H,19,20). The number of amides is 1. The van der Waals surface area contributed by atoms with Crippen LogP contribution in [0.2, 0.25) is 0 Å². The van der Waals surface area contributed by atoms with Gasteiger partial charge in [-0.2, -0.15) is 0 Å². The second kappa shape index (κ2) is 6.07. The normalized spacial score (nSPS) is 26.0. The summed E-state index contributed by atoms with van der Waals surface area (Å²) in [7, 11) is 0. The first kappa shape index (κ1) is 14.6. The minimum atomic E-state index is -1.07. The lowest BCUT2D eigenvalue weighted by molar-refractivity contribution is 0.0689. The highest BCUT2D eigenvalue weighted by Gasteiger charge is 2.26. The van der Waals surface area contributed by atoms with E-state index in [9.17, 15) is 9.59 Å². The van der Waals surface area contributed by atoms with Gasteiger partial charge in [-0.05, 0) is 43.2 Å². The van der Waals surface area contributed by atoms with Crippen LogP contribution in [0.1, 0.15) is 53.8 Å². The molecule has 1 saturated carbocycles. The van der Waals surface area contributed by atoms with Crippen LogP contribution in [0.5, 0.6) is 0 Å². The van der Waals surface area contributed by atoms with Crippen LogP contribution in [-0.4, -0.2) is 23.0 Å². The Balaban J connectivity index is 2.10. The van der Waals surface area contributed by atoms with Gasteiger partial charge in [0.05, 0.1) is 11.1 Å². The summed E-state index contributed by atoms with van der Waals surface area (Å²) < 4.78 is 0. The Bertz CT molecular complexity index is 502. The van der Waals surface area contributed by atoms with Crippen LogP contribution in [0.15, 0.2) is 24.3 Å². The van der Waals surface area contributed by atoms with Crippen LogP contribution in [0.4, 0.5) is 0 Å². The van der Waals surface area contributed by atoms with Crippen LogP contribution in [0, 0.1) is 11.8 Å². The van der Waals surface area contributed by atoms with Crippen molar-refractivity contribution in [3.63, 3.8) is 0 Å². The summed E-state index contributed by atoms with van der Waals surface area (Å²) in [6.07, 6.45) is 3.12. The molecule has 4 heteroatoms. The van der Waals surface area contributed by atoms with Crippen LogP contribution in [0.3, 0.4) is 0 Å². The second-order valence-electron chi connectivity index (χ2n) is 5.94. The predicted octanol–water partition coefficient (Wildman–Crippen LogP) is 2.94. The van der Waals surface area contributed by atoms with Crippen molar-refractivity contribution in [2.45, 2.75) is 39.2 Å². The SMILES string of the molecule is CC1CC(C)CC(NC(=O)c2ccccc2C(=O)O)C1. The summed E-state index contributed by atoms with van der Waals surface area (Å²) in [4.78, 5) is 23.4. The molecule has 0 aromatic heterocycles. The largest absolute Gasteiger partial charge is 0.478 e. The fraction of sp³-hybridized carbons (Fsp3) is 0.500. The number of carbonyl (C=O) groups is 2. The zero-order chi connectivity index (χ0) is 14.7. The fourth-order valence-corrected chi connectivity index (χ4v) is 3.20. The number of rotatable bonds is 3. The first-order valence-electron chi connectivity index (χ1n) is 7.10. The summed E-state index contributed by atoms with van der Waals surface area (Å²) in [6.45, 7) is 4.39. The molecule has 1 aliphatic rings. The molecule has 0 heterocycles. The van der Waals surface area contributed by atoms with Crippen LogP contribution >= 0.6 is 0 Å². The van der Waals surface area contributed by atoms with E-state index in [0.717, 1.165) is 12.8 Å². The maximum absolute atomic E-state index is 12.3. The van der Waals surface area contributed by atoms with Gasteiger partial charge in [-0.1, -0.05) is 26.0 Å². The van der Waals surface area contributed by atoms with Gasteiger partial charge >= 0.3 is 5.97 Å². The van der Waals surface area contributed by atoms with Gasteiger partial charge in [0.15, 0.2) is 0 Å². The number of nitrogens with one attached hydrogen (secondary N) is 1. The molecule has 0 aliphatic heterocycles. The summed E-state index contributed by atoms with van der Waals surface area (Å²) in [5, 5.41) is 12.1. The second-order valence-corrected chi connectivity index (χ2v) is 5.94. The Kier molecular flexibility index (Phi) is 4.42. The highest BCUT2D eigenvalue weighted by molar-refractivity contribution is 6.04. The molecular formula is C16H21NO3. The molecule has 2 unspecified atom stereocenters. The molecule has 20 heavy (non-hydrogen) atoms. The topological polar surface area (TPSA) is 66.4 Å². The monoisotopic (exact) mass is 275 g/mol. The molecule has 1 aromatic rings. The van der Waals surface area contributed by atoms with Gasteiger partial charge in [0, 0.05) is 6.04 Å². The van der Waals surface area contributed by atoms with Crippen molar-refractivity contribution >= 4 is 11.9 Å². The minimum absolute atomic E-state index is 0.0573. The third kappa shape index (κ3) is 3.38. The van der Waals surface area contributed by atoms with Crippen LogP contribution in [-0.2, 0) is 0 Å². The van der Waals surface area contributed by atoms with Crippen LogP contribution < -0.4 is 5.32 Å². The average molecular weight is 275 g/mol. The molecule has 0 radical (unpaired) electrons. The Hall–Kier alpha value is -1.84. The van der Waals surface area contributed by atoms with Crippen molar-refractivity contribution in [2.24, 2.45) is 11.8 Å². The maximum Gasteiger partial charge on any atom is 0.336 e. The van der Waals surface area contributed by atoms with E-state index < -0.39 is 5.97 Å². The molecular weight excluding hydrogens is 254 g/mol. The first-order chi connectivity index (χ1) is 9.47. The maximum atomic E-state index is 12.3. The molecule has 0 spiro atoms. The van der Waals surface area contributed by atoms with Crippen LogP contribution in [0.25, 0.3) is 0 Å². The average Bonchev–Trinajstić information content (AvgIpc) is 2.37. The van der Waals surface area contributed by atoms with E-state index in [4.69, 9.17) is 5.11 Å². The third-order valence-electron chi connectivity index (χ3n) is 3.92. The van der Waals surface area contributed by atoms with Gasteiger partial charge in [0.2, 0.25) is 0 Å². The molecule has 2 atom stereocenters. The third-order valence-corrected chi connectivity index (χ3v) is 3.92. The summed E-state index contributed by atoms with van der Waals surface area (Å²) in [6, 6.07) is 6.49. The lowest BCUT2D eigenvalue weighted by Gasteiger charge is -2.32. The molecule has 0 bridgehead atoms. The van der Waals surface area contributed by atoms with Crippen molar-refractivity contribution in [1.29, 1.82) is 0 Å². The summed E-state index contributed by atoms with van der Waals surface area (Å²) in [5.74, 6) is -0.159. The Morgan fingerprint density at radius 1 is 1.05 bits per heavy atom. The molecule has 4 nitrogen and oxygen atoms in total. The molecule has 1 aliphatic carbocycles. The van der Waals surface area contributed by atoms with Gasteiger partial charge in [0.25, 0.3) is 5.91 Å². The Labute approximate surface area is 119 Å². The zero-order valence-corrected chi connectivity index (χ0v) is 11.9. The number of carbonyl (C=O) groups excluding carboxylic acids is 1. The van der Waals surface area contributed by atoms with E-state index in [2.05, 4.69) is 19.2 Å². The van der Waals surface area contributed by atoms with Gasteiger partial charge in [-0.25, -0.2) is 4.79 Å². The van der Waals surface area contributed by atoms with Crippen molar-refractivity contribution in [1.82, 2.24) is 5.32 Å². The molecule has 108 valence electrons. The summed E-state index contributed by atoms with van der Waals surface area (Å²) in [5.41, 5.74) is 0.299. The number of carboxylic acid groups (broad SMARTS) is 1. The molecule has 1 amide bonds. The van der Waals surface area contributed by atoms with E-state index in [1.54, 1.807) is 18.2 Å². The Morgan fingerprint density at radius 3 is 2.15 bits per heavy atom.